The maximum absolute atomic E-state index is 13.4. The molecule has 0 radical (unpaired) electrons. The van der Waals surface area contributed by atoms with Gasteiger partial charge in [-0.05, 0) is 19.1 Å². The highest BCUT2D eigenvalue weighted by Crippen LogP contribution is 2.25. The molecule has 2 rings (SSSR count). The van der Waals surface area contributed by atoms with Crippen molar-refractivity contribution >= 4 is 28.6 Å². The van der Waals surface area contributed by atoms with E-state index in [0.717, 1.165) is 9.88 Å². The van der Waals surface area contributed by atoms with Crippen LogP contribution in [0.3, 0.4) is 0 Å². The first-order chi connectivity index (χ1) is 7.66. The molecular weight excluding hydrogens is 247 g/mol. The molecule has 0 aliphatic rings. The van der Waals surface area contributed by atoms with Gasteiger partial charge in [0.25, 0.3) is 0 Å². The van der Waals surface area contributed by atoms with E-state index in [0.29, 0.717) is 17.3 Å². The Morgan fingerprint density at radius 1 is 1.50 bits per heavy atom. The Morgan fingerprint density at radius 3 is 2.94 bits per heavy atom. The first-order valence-electron chi connectivity index (χ1n) is 4.76. The van der Waals surface area contributed by atoms with E-state index in [2.05, 4.69) is 10.3 Å². The number of hydrogen-bond acceptors (Lipinski definition) is 3. The lowest BCUT2D eigenvalue weighted by atomic mass is 10.3. The third kappa shape index (κ3) is 2.51. The number of nitrogens with zero attached hydrogens (tertiary/aromatic N) is 1. The molecule has 1 N–H and O–H groups in total. The number of halogens is 2. The number of hydrogen-bond donors (Lipinski definition) is 1. The van der Waals surface area contributed by atoms with Crippen molar-refractivity contribution in [1.82, 2.24) is 4.98 Å². The van der Waals surface area contributed by atoms with Crippen molar-refractivity contribution in [2.45, 2.75) is 13.5 Å². The molecule has 0 saturated carbocycles. The van der Waals surface area contributed by atoms with Gasteiger partial charge in [-0.1, -0.05) is 17.7 Å². The molecule has 0 saturated heterocycles. The predicted octanol–water partition coefficient (Wildman–Crippen LogP) is 3.86. The average molecular weight is 257 g/mol. The molecule has 1 aromatic heterocycles. The Labute approximate surface area is 102 Å². The van der Waals surface area contributed by atoms with Crippen molar-refractivity contribution in [3.05, 3.63) is 45.1 Å². The zero-order valence-corrected chi connectivity index (χ0v) is 10.2. The maximum Gasteiger partial charge on any atom is 0.147 e. The fraction of sp³-hybridized carbons (Fsp3) is 0.182. The second-order valence-corrected chi connectivity index (χ2v) is 5.02. The van der Waals surface area contributed by atoms with Crippen LogP contribution in [0.25, 0.3) is 0 Å². The Morgan fingerprint density at radius 2 is 2.31 bits per heavy atom. The van der Waals surface area contributed by atoms with Crippen molar-refractivity contribution < 1.29 is 4.39 Å². The first-order valence-corrected chi connectivity index (χ1v) is 5.95. The lowest BCUT2D eigenvalue weighted by molar-refractivity contribution is 0.630. The summed E-state index contributed by atoms with van der Waals surface area (Å²) in [5, 5.41) is 4.36. The molecule has 1 heterocycles. The summed E-state index contributed by atoms with van der Waals surface area (Å²) in [6.07, 6.45) is 1.78. The largest absolute Gasteiger partial charge is 0.377 e. The van der Waals surface area contributed by atoms with E-state index in [1.54, 1.807) is 29.7 Å². The van der Waals surface area contributed by atoms with Crippen molar-refractivity contribution in [2.75, 3.05) is 5.32 Å². The molecule has 0 unspecified atom stereocenters. The fourth-order valence-electron chi connectivity index (χ4n) is 1.33. The number of anilines is 1. The van der Waals surface area contributed by atoms with E-state index in [9.17, 15) is 4.39 Å². The van der Waals surface area contributed by atoms with Gasteiger partial charge in [-0.15, -0.1) is 11.3 Å². The van der Waals surface area contributed by atoms with Crippen molar-refractivity contribution in [2.24, 2.45) is 0 Å². The van der Waals surface area contributed by atoms with Crippen LogP contribution in [0, 0.1) is 12.7 Å². The van der Waals surface area contributed by atoms with Crippen LogP contribution in [-0.4, -0.2) is 4.98 Å². The lowest BCUT2D eigenvalue weighted by Gasteiger charge is -2.07. The summed E-state index contributed by atoms with van der Waals surface area (Å²) in [4.78, 5) is 5.18. The van der Waals surface area contributed by atoms with E-state index in [-0.39, 0.29) is 5.82 Å². The summed E-state index contributed by atoms with van der Waals surface area (Å²) < 4.78 is 13.4. The summed E-state index contributed by atoms with van der Waals surface area (Å²) in [5.41, 5.74) is 0.343. The van der Waals surface area contributed by atoms with Gasteiger partial charge in [0, 0.05) is 11.1 Å². The fourth-order valence-corrected chi connectivity index (χ4v) is 2.29. The number of benzene rings is 1. The zero-order chi connectivity index (χ0) is 11.5. The van der Waals surface area contributed by atoms with Gasteiger partial charge >= 0.3 is 0 Å². The minimum absolute atomic E-state index is 0.339. The van der Waals surface area contributed by atoms with Crippen molar-refractivity contribution in [3.63, 3.8) is 0 Å². The molecule has 5 heteroatoms. The molecule has 0 aliphatic heterocycles. The van der Waals surface area contributed by atoms with Gasteiger partial charge in [0.1, 0.15) is 5.82 Å². The van der Waals surface area contributed by atoms with Crippen LogP contribution in [-0.2, 0) is 6.54 Å². The first kappa shape index (κ1) is 11.4. The van der Waals surface area contributed by atoms with E-state index >= 15 is 0 Å². The highest BCUT2D eigenvalue weighted by molar-refractivity contribution is 7.11. The van der Waals surface area contributed by atoms with Gasteiger partial charge in [0.15, 0.2) is 0 Å². The second kappa shape index (κ2) is 4.80. The summed E-state index contributed by atoms with van der Waals surface area (Å²) in [6.45, 7) is 2.47. The molecule has 84 valence electrons. The standard InChI is InChI=1S/C11H10ClFN2S/c1-7-14-5-8(16-7)6-15-11-9(12)3-2-4-10(11)13/h2-5,15H,6H2,1H3. The van der Waals surface area contributed by atoms with Crippen LogP contribution in [0.2, 0.25) is 5.02 Å². The second-order valence-electron chi connectivity index (χ2n) is 3.30. The molecule has 0 atom stereocenters. The maximum atomic E-state index is 13.4. The monoisotopic (exact) mass is 256 g/mol. The van der Waals surface area contributed by atoms with Crippen LogP contribution >= 0.6 is 22.9 Å². The summed E-state index contributed by atoms with van der Waals surface area (Å²) in [5.74, 6) is -0.339. The van der Waals surface area contributed by atoms with Crippen LogP contribution < -0.4 is 5.32 Å². The lowest BCUT2D eigenvalue weighted by Crippen LogP contribution is -2.00. The predicted molar refractivity (Wildman–Crippen MR) is 65.6 cm³/mol. The molecule has 0 amide bonds. The van der Waals surface area contributed by atoms with E-state index in [4.69, 9.17) is 11.6 Å². The highest BCUT2D eigenvalue weighted by atomic mass is 35.5. The molecule has 2 aromatic rings. The van der Waals surface area contributed by atoms with Crippen LogP contribution in [0.5, 0.6) is 0 Å². The SMILES string of the molecule is Cc1ncc(CNc2c(F)cccc2Cl)s1. The number of aromatic nitrogens is 1. The van der Waals surface area contributed by atoms with E-state index in [1.807, 2.05) is 6.92 Å². The van der Waals surface area contributed by atoms with Gasteiger partial charge in [0.2, 0.25) is 0 Å². The zero-order valence-electron chi connectivity index (χ0n) is 8.63. The summed E-state index contributed by atoms with van der Waals surface area (Å²) >= 11 is 7.47. The van der Waals surface area contributed by atoms with Gasteiger partial charge in [0.05, 0.1) is 22.3 Å². The number of thiazole rings is 1. The Kier molecular flexibility index (Phi) is 3.41. The molecule has 0 aliphatic carbocycles. The number of rotatable bonds is 3. The molecular formula is C11H10ClFN2S. The third-order valence-electron chi connectivity index (χ3n) is 2.07. The minimum Gasteiger partial charge on any atom is -0.377 e. The minimum atomic E-state index is -0.339. The van der Waals surface area contributed by atoms with Gasteiger partial charge in [-0.2, -0.15) is 0 Å². The third-order valence-corrected chi connectivity index (χ3v) is 3.30. The number of aryl methyl sites for hydroxylation is 1. The Bertz CT molecular complexity index is 478. The molecule has 16 heavy (non-hydrogen) atoms. The molecule has 2 nitrogen and oxygen atoms in total. The molecule has 0 bridgehead atoms. The van der Waals surface area contributed by atoms with Gasteiger partial charge < -0.3 is 5.32 Å². The van der Waals surface area contributed by atoms with Gasteiger partial charge in [-0.3, -0.25) is 0 Å². The number of nitrogens with one attached hydrogen (secondary N) is 1. The normalized spacial score (nSPS) is 10.4. The van der Waals surface area contributed by atoms with E-state index in [1.165, 1.54) is 6.07 Å². The molecule has 0 spiro atoms. The van der Waals surface area contributed by atoms with Crippen LogP contribution in [0.4, 0.5) is 10.1 Å². The molecule has 1 aromatic carbocycles. The summed E-state index contributed by atoms with van der Waals surface area (Å²) in [6, 6.07) is 4.62. The molecule has 0 fully saturated rings. The Balaban J connectivity index is 2.10. The van der Waals surface area contributed by atoms with Gasteiger partial charge in [-0.25, -0.2) is 9.37 Å². The van der Waals surface area contributed by atoms with Crippen LogP contribution in [0.15, 0.2) is 24.4 Å². The van der Waals surface area contributed by atoms with Crippen molar-refractivity contribution in [1.29, 1.82) is 0 Å². The number of para-hydroxylation sites is 1. The highest BCUT2D eigenvalue weighted by Gasteiger charge is 2.06. The summed E-state index contributed by atoms with van der Waals surface area (Å²) in [7, 11) is 0. The average Bonchev–Trinajstić information content (AvgIpc) is 2.63. The Hall–Kier alpha value is -1.13. The smallest absolute Gasteiger partial charge is 0.147 e. The van der Waals surface area contributed by atoms with Crippen molar-refractivity contribution in [3.8, 4) is 0 Å². The van der Waals surface area contributed by atoms with Crippen LogP contribution in [0.1, 0.15) is 9.88 Å². The quantitative estimate of drug-likeness (QED) is 0.902. The van der Waals surface area contributed by atoms with E-state index < -0.39 is 0 Å². The topological polar surface area (TPSA) is 24.9 Å².